The summed E-state index contributed by atoms with van der Waals surface area (Å²) in [5.41, 5.74) is 3.25. The minimum Gasteiger partial charge on any atom is -0.507 e. The average molecular weight is 260 g/mol. The largest absolute Gasteiger partial charge is 0.507 e. The minimum atomic E-state index is -0.0554. The van der Waals surface area contributed by atoms with Crippen molar-refractivity contribution in [3.05, 3.63) is 34.9 Å². The molecule has 0 heterocycles. The first-order valence-electron chi connectivity index (χ1n) is 7.12. The predicted molar refractivity (Wildman–Crippen MR) is 84.8 cm³/mol. The third kappa shape index (κ3) is 3.86. The first-order chi connectivity index (χ1) is 8.57. The van der Waals surface area contributed by atoms with Crippen LogP contribution in [0.5, 0.6) is 5.75 Å². The quantitative estimate of drug-likeness (QED) is 0.753. The summed E-state index contributed by atoms with van der Waals surface area (Å²) in [6.07, 6.45) is 5.10. The van der Waals surface area contributed by atoms with Crippen LogP contribution in [0.4, 0.5) is 0 Å². The summed E-state index contributed by atoms with van der Waals surface area (Å²) in [6, 6.07) is 4.26. The summed E-state index contributed by atoms with van der Waals surface area (Å²) in [6.45, 7) is 15.1. The molecule has 1 heteroatoms. The fourth-order valence-electron chi connectivity index (χ4n) is 2.03. The number of hydrogen-bond acceptors (Lipinski definition) is 1. The molecule has 0 aromatic heterocycles. The third-order valence-electron chi connectivity index (χ3n) is 3.35. The molecule has 1 N–H and O–H groups in total. The molecule has 0 saturated carbocycles. The summed E-state index contributed by atoms with van der Waals surface area (Å²) in [7, 11) is 0. The number of benzene rings is 1. The highest BCUT2D eigenvalue weighted by Gasteiger charge is 2.24. The highest BCUT2D eigenvalue weighted by molar-refractivity contribution is 5.62. The molecule has 0 unspecified atom stereocenters. The summed E-state index contributed by atoms with van der Waals surface area (Å²) >= 11 is 0. The van der Waals surface area contributed by atoms with Crippen LogP contribution in [0.25, 0.3) is 6.08 Å². The van der Waals surface area contributed by atoms with Gasteiger partial charge >= 0.3 is 0 Å². The van der Waals surface area contributed by atoms with E-state index in [9.17, 15) is 5.11 Å². The normalized spacial score (nSPS) is 13.2. The lowest BCUT2D eigenvalue weighted by molar-refractivity contribution is 0.443. The van der Waals surface area contributed by atoms with Crippen LogP contribution in [0.1, 0.15) is 71.6 Å². The number of hydrogen-bond donors (Lipinski definition) is 1. The highest BCUT2D eigenvalue weighted by Crippen LogP contribution is 2.38. The van der Waals surface area contributed by atoms with Crippen LogP contribution in [-0.4, -0.2) is 5.11 Å². The Morgan fingerprint density at radius 3 is 2.00 bits per heavy atom. The van der Waals surface area contributed by atoms with Gasteiger partial charge < -0.3 is 5.11 Å². The zero-order valence-electron chi connectivity index (χ0n) is 13.5. The second kappa shape index (κ2) is 5.40. The molecule has 1 nitrogen and oxygen atoms in total. The van der Waals surface area contributed by atoms with Gasteiger partial charge in [0.05, 0.1) is 0 Å². The van der Waals surface area contributed by atoms with Gasteiger partial charge in [0.1, 0.15) is 5.75 Å². The van der Waals surface area contributed by atoms with Gasteiger partial charge in [0, 0.05) is 11.1 Å². The standard InChI is InChI=1S/C18H28O/c1-8-9-10-13-11-14(17(2,3)4)12-15(16(13)19)18(5,6)7/h9-12,19H,8H2,1-7H3/b10-9+. The van der Waals surface area contributed by atoms with E-state index in [1.165, 1.54) is 5.56 Å². The molecule has 0 bridgehead atoms. The molecular formula is C18H28O. The van der Waals surface area contributed by atoms with Gasteiger partial charge in [0.25, 0.3) is 0 Å². The SMILES string of the molecule is CC/C=C/c1cc(C(C)(C)C)cc(C(C)(C)C)c1O. The molecule has 1 rings (SSSR count). The van der Waals surface area contributed by atoms with Gasteiger partial charge in [-0.2, -0.15) is 0 Å². The summed E-state index contributed by atoms with van der Waals surface area (Å²) in [5.74, 6) is 0.421. The van der Waals surface area contributed by atoms with Crippen molar-refractivity contribution in [3.63, 3.8) is 0 Å². The van der Waals surface area contributed by atoms with Crippen LogP contribution in [0, 0.1) is 0 Å². The topological polar surface area (TPSA) is 20.2 Å². The van der Waals surface area contributed by atoms with Crippen molar-refractivity contribution in [2.45, 2.75) is 65.7 Å². The summed E-state index contributed by atoms with van der Waals surface area (Å²) in [5, 5.41) is 10.5. The summed E-state index contributed by atoms with van der Waals surface area (Å²) < 4.78 is 0. The first-order valence-corrected chi connectivity index (χ1v) is 7.12. The predicted octanol–water partition coefficient (Wildman–Crippen LogP) is 5.41. The maximum absolute atomic E-state index is 10.5. The van der Waals surface area contributed by atoms with Crippen molar-refractivity contribution in [3.8, 4) is 5.75 Å². The maximum atomic E-state index is 10.5. The number of rotatable bonds is 2. The molecule has 19 heavy (non-hydrogen) atoms. The van der Waals surface area contributed by atoms with Gasteiger partial charge in [0.2, 0.25) is 0 Å². The van der Waals surface area contributed by atoms with Crippen LogP contribution in [-0.2, 0) is 10.8 Å². The van der Waals surface area contributed by atoms with E-state index in [1.807, 2.05) is 6.08 Å². The zero-order chi connectivity index (χ0) is 14.8. The van der Waals surface area contributed by atoms with E-state index >= 15 is 0 Å². The molecule has 0 spiro atoms. The van der Waals surface area contributed by atoms with Gasteiger partial charge in [-0.1, -0.05) is 66.7 Å². The van der Waals surface area contributed by atoms with Crippen LogP contribution in [0.3, 0.4) is 0 Å². The lowest BCUT2D eigenvalue weighted by Crippen LogP contribution is -2.17. The molecule has 106 valence electrons. The molecule has 0 atom stereocenters. The highest BCUT2D eigenvalue weighted by atomic mass is 16.3. The van der Waals surface area contributed by atoms with E-state index in [-0.39, 0.29) is 10.8 Å². The monoisotopic (exact) mass is 260 g/mol. The molecule has 0 aliphatic heterocycles. The molecular weight excluding hydrogens is 232 g/mol. The first kappa shape index (κ1) is 15.8. The Morgan fingerprint density at radius 2 is 1.58 bits per heavy atom. The second-order valence-corrected chi connectivity index (χ2v) is 7.27. The third-order valence-corrected chi connectivity index (χ3v) is 3.35. The Bertz CT molecular complexity index is 468. The van der Waals surface area contributed by atoms with Gasteiger partial charge in [-0.3, -0.25) is 0 Å². The number of allylic oxidation sites excluding steroid dienone is 1. The maximum Gasteiger partial charge on any atom is 0.126 e. The van der Waals surface area contributed by atoms with Crippen LogP contribution in [0.15, 0.2) is 18.2 Å². The van der Waals surface area contributed by atoms with Gasteiger partial charge in [-0.15, -0.1) is 0 Å². The van der Waals surface area contributed by atoms with Crippen LogP contribution >= 0.6 is 0 Å². The number of phenols is 1. The lowest BCUT2D eigenvalue weighted by atomic mass is 9.79. The Hall–Kier alpha value is -1.24. The molecule has 0 saturated heterocycles. The Kier molecular flexibility index (Phi) is 4.50. The Labute approximate surface area is 118 Å². The van der Waals surface area contributed by atoms with E-state index in [4.69, 9.17) is 0 Å². The molecule has 0 amide bonds. The van der Waals surface area contributed by atoms with E-state index < -0.39 is 0 Å². The number of phenolic OH excluding ortho intramolecular Hbond substituents is 1. The average Bonchev–Trinajstić information content (AvgIpc) is 2.24. The molecule has 1 aromatic carbocycles. The van der Waals surface area contributed by atoms with Crippen molar-refractivity contribution < 1.29 is 5.11 Å². The zero-order valence-corrected chi connectivity index (χ0v) is 13.5. The fraction of sp³-hybridized carbons (Fsp3) is 0.556. The van der Waals surface area contributed by atoms with E-state index in [0.29, 0.717) is 5.75 Å². The molecule has 0 fully saturated rings. The van der Waals surface area contributed by atoms with Crippen molar-refractivity contribution in [2.24, 2.45) is 0 Å². The summed E-state index contributed by atoms with van der Waals surface area (Å²) in [4.78, 5) is 0. The molecule has 0 radical (unpaired) electrons. The van der Waals surface area contributed by atoms with Gasteiger partial charge in [-0.05, 0) is 28.9 Å². The minimum absolute atomic E-state index is 0.0554. The molecule has 0 aliphatic rings. The lowest BCUT2D eigenvalue weighted by Gasteiger charge is -2.27. The van der Waals surface area contributed by atoms with Crippen molar-refractivity contribution in [1.82, 2.24) is 0 Å². The fourth-order valence-corrected chi connectivity index (χ4v) is 2.03. The molecule has 1 aromatic rings. The Balaban J connectivity index is 3.52. The van der Waals surface area contributed by atoms with Crippen LogP contribution in [0.2, 0.25) is 0 Å². The molecule has 0 aliphatic carbocycles. The van der Waals surface area contributed by atoms with Crippen LogP contribution < -0.4 is 0 Å². The number of aromatic hydroxyl groups is 1. The van der Waals surface area contributed by atoms with Crippen molar-refractivity contribution >= 4 is 6.08 Å². The Morgan fingerprint density at radius 1 is 1.00 bits per heavy atom. The van der Waals surface area contributed by atoms with Crippen molar-refractivity contribution in [1.29, 1.82) is 0 Å². The smallest absolute Gasteiger partial charge is 0.126 e. The van der Waals surface area contributed by atoms with Gasteiger partial charge in [-0.25, -0.2) is 0 Å². The van der Waals surface area contributed by atoms with E-state index in [2.05, 4.69) is 66.7 Å². The second-order valence-electron chi connectivity index (χ2n) is 7.27. The van der Waals surface area contributed by atoms with Crippen molar-refractivity contribution in [2.75, 3.05) is 0 Å². The van der Waals surface area contributed by atoms with E-state index in [0.717, 1.165) is 17.5 Å². The van der Waals surface area contributed by atoms with Gasteiger partial charge in [0.15, 0.2) is 0 Å². The van der Waals surface area contributed by atoms with E-state index in [1.54, 1.807) is 0 Å².